The smallest absolute Gasteiger partial charge is 0.304 e. The van der Waals surface area contributed by atoms with Gasteiger partial charge in [-0.3, -0.25) is 9.59 Å². The number of nitroso groups, excluding NO2 is 1. The minimum Gasteiger partial charge on any atom is -0.481 e. The average molecular weight is 477 g/mol. The molecule has 0 heterocycles. The second-order valence-corrected chi connectivity index (χ2v) is 9.63. The van der Waals surface area contributed by atoms with Crippen molar-refractivity contribution in [2.45, 2.75) is 56.1 Å². The highest BCUT2D eigenvalue weighted by molar-refractivity contribution is 7.99. The Morgan fingerprint density at radius 2 is 1.84 bits per heavy atom. The summed E-state index contributed by atoms with van der Waals surface area (Å²) < 4.78 is 2.07. The molecule has 172 valence electrons. The fourth-order valence-electron chi connectivity index (χ4n) is 4.38. The molecule has 0 fully saturated rings. The number of fused-ring (bicyclic) bond motifs is 1. The molecule has 0 bridgehead atoms. The van der Waals surface area contributed by atoms with E-state index in [1.807, 2.05) is 36.4 Å². The van der Waals surface area contributed by atoms with Crippen LogP contribution in [0.25, 0.3) is 0 Å². The molecular weight excluding hydrogens is 448 g/mol. The number of rotatable bonds is 10. The molecule has 32 heavy (non-hydrogen) atoms. The minimum atomic E-state index is -0.962. The van der Waals surface area contributed by atoms with Crippen molar-refractivity contribution in [1.82, 2.24) is 5.32 Å². The van der Waals surface area contributed by atoms with Gasteiger partial charge in [0, 0.05) is 23.1 Å². The zero-order valence-corrected chi connectivity index (χ0v) is 19.7. The Morgan fingerprint density at radius 1 is 1.16 bits per heavy atom. The molecule has 2 atom stereocenters. The first-order valence-electron chi connectivity index (χ1n) is 10.6. The monoisotopic (exact) mass is 476 g/mol. The van der Waals surface area contributed by atoms with Crippen LogP contribution < -0.4 is 5.32 Å². The molecule has 2 aromatic carbocycles. The minimum absolute atomic E-state index is 0. The molecule has 6 nitrogen and oxygen atoms in total. The van der Waals surface area contributed by atoms with Crippen LogP contribution in [0.3, 0.4) is 0 Å². The number of aliphatic carboxylic acids is 1. The summed E-state index contributed by atoms with van der Waals surface area (Å²) in [4.78, 5) is 34.9. The maximum Gasteiger partial charge on any atom is 0.304 e. The standard InChI is InChI=1S/C24H28N2O4S.ClH/c1-24(31-26-30,16-22(27)28)15-19-9-3-2-7-17(19)13-14-25-23(29)21-12-6-10-18-8-4-5-11-20(18)21;/h2-5,7-9,11,21H,6,10,12-16H2,1H3,(H,25,29)(H,27,28);1H. The van der Waals surface area contributed by atoms with Crippen LogP contribution in [-0.4, -0.2) is 28.3 Å². The molecule has 3 rings (SSSR count). The summed E-state index contributed by atoms with van der Waals surface area (Å²) in [5.41, 5.74) is 4.40. The molecule has 2 unspecified atom stereocenters. The van der Waals surface area contributed by atoms with Crippen LogP contribution in [0.15, 0.2) is 53.1 Å². The maximum atomic E-state index is 12.8. The second kappa shape index (κ2) is 12.0. The van der Waals surface area contributed by atoms with E-state index in [1.165, 1.54) is 5.56 Å². The number of amides is 1. The number of carboxylic acid groups (broad SMARTS) is 1. The molecule has 0 saturated heterocycles. The number of carbonyl (C=O) groups is 2. The van der Waals surface area contributed by atoms with Gasteiger partial charge in [0.15, 0.2) is 0 Å². The van der Waals surface area contributed by atoms with Crippen molar-refractivity contribution in [3.05, 3.63) is 75.7 Å². The third-order valence-corrected chi connectivity index (χ3v) is 6.65. The highest BCUT2D eigenvalue weighted by Gasteiger charge is 2.31. The molecule has 1 amide bonds. The molecule has 0 aliphatic heterocycles. The van der Waals surface area contributed by atoms with Crippen LogP contribution in [0.4, 0.5) is 0 Å². The summed E-state index contributed by atoms with van der Waals surface area (Å²) in [6, 6.07) is 15.9. The van der Waals surface area contributed by atoms with Gasteiger partial charge in [-0.25, -0.2) is 0 Å². The molecule has 0 spiro atoms. The van der Waals surface area contributed by atoms with Crippen LogP contribution in [0, 0.1) is 4.91 Å². The summed E-state index contributed by atoms with van der Waals surface area (Å²) in [6.45, 7) is 2.25. The number of benzene rings is 2. The van der Waals surface area contributed by atoms with E-state index in [0.29, 0.717) is 19.4 Å². The molecule has 0 saturated carbocycles. The summed E-state index contributed by atoms with van der Waals surface area (Å²) in [7, 11) is 0. The van der Waals surface area contributed by atoms with E-state index < -0.39 is 10.7 Å². The van der Waals surface area contributed by atoms with E-state index in [4.69, 9.17) is 0 Å². The molecular formula is C24H29ClN2O4S. The van der Waals surface area contributed by atoms with Gasteiger partial charge in [0.2, 0.25) is 5.91 Å². The summed E-state index contributed by atoms with van der Waals surface area (Å²) in [5.74, 6) is -1.01. The van der Waals surface area contributed by atoms with Crippen LogP contribution in [0.2, 0.25) is 0 Å². The van der Waals surface area contributed by atoms with Crippen molar-refractivity contribution in [1.29, 1.82) is 0 Å². The van der Waals surface area contributed by atoms with Gasteiger partial charge >= 0.3 is 5.97 Å². The summed E-state index contributed by atoms with van der Waals surface area (Å²) in [6.07, 6.45) is 3.80. The molecule has 0 radical (unpaired) electrons. The third-order valence-electron chi connectivity index (χ3n) is 5.85. The number of hydrogen-bond donors (Lipinski definition) is 2. The van der Waals surface area contributed by atoms with E-state index in [2.05, 4.69) is 22.0 Å². The Kier molecular flexibility index (Phi) is 9.72. The number of nitrogens with one attached hydrogen (secondary N) is 1. The predicted molar refractivity (Wildman–Crippen MR) is 130 cm³/mol. The summed E-state index contributed by atoms with van der Waals surface area (Å²) in [5, 5.41) is 12.3. The Labute approximate surface area is 199 Å². The van der Waals surface area contributed by atoms with Gasteiger partial charge in [0.25, 0.3) is 0 Å². The van der Waals surface area contributed by atoms with Gasteiger partial charge in [0.05, 0.1) is 17.1 Å². The molecule has 0 aromatic heterocycles. The molecule has 2 N–H and O–H groups in total. The van der Waals surface area contributed by atoms with E-state index in [0.717, 1.165) is 47.9 Å². The van der Waals surface area contributed by atoms with Gasteiger partial charge in [0.1, 0.15) is 0 Å². The predicted octanol–water partition coefficient (Wildman–Crippen LogP) is 5.08. The number of carbonyl (C=O) groups excluding carboxylic acids is 1. The van der Waals surface area contributed by atoms with E-state index >= 15 is 0 Å². The summed E-state index contributed by atoms with van der Waals surface area (Å²) >= 11 is 0.770. The molecule has 1 aliphatic rings. The molecule has 2 aromatic rings. The number of aryl methyl sites for hydroxylation is 1. The van der Waals surface area contributed by atoms with Gasteiger partial charge in [-0.1, -0.05) is 48.5 Å². The van der Waals surface area contributed by atoms with Crippen molar-refractivity contribution in [3.8, 4) is 0 Å². The number of carboxylic acids is 1. The zero-order chi connectivity index (χ0) is 22.3. The van der Waals surface area contributed by atoms with Crippen molar-refractivity contribution >= 4 is 36.2 Å². The van der Waals surface area contributed by atoms with E-state index in [-0.39, 0.29) is 30.7 Å². The lowest BCUT2D eigenvalue weighted by Crippen LogP contribution is -2.33. The lowest BCUT2D eigenvalue weighted by atomic mass is 9.82. The Balaban J connectivity index is 0.00000363. The SMILES string of the molecule is CC(CC(=O)O)(Cc1ccccc1CCNC(=O)C1CCCc2ccccc21)SN=O.Cl. The topological polar surface area (TPSA) is 95.8 Å². The third kappa shape index (κ3) is 6.81. The highest BCUT2D eigenvalue weighted by Crippen LogP contribution is 2.34. The van der Waals surface area contributed by atoms with Crippen molar-refractivity contribution in [3.63, 3.8) is 0 Å². The van der Waals surface area contributed by atoms with E-state index in [9.17, 15) is 19.6 Å². The molecule has 8 heteroatoms. The van der Waals surface area contributed by atoms with Crippen molar-refractivity contribution < 1.29 is 14.7 Å². The fraction of sp³-hybridized carbons (Fsp3) is 0.417. The van der Waals surface area contributed by atoms with Crippen molar-refractivity contribution in [2.24, 2.45) is 4.58 Å². The van der Waals surface area contributed by atoms with Crippen LogP contribution in [0.5, 0.6) is 0 Å². The number of hydrogen-bond acceptors (Lipinski definition) is 5. The van der Waals surface area contributed by atoms with Crippen LogP contribution >= 0.6 is 24.4 Å². The fourth-order valence-corrected chi connectivity index (χ4v) is 4.97. The Hall–Kier alpha value is -2.38. The average Bonchev–Trinajstić information content (AvgIpc) is 2.74. The van der Waals surface area contributed by atoms with E-state index in [1.54, 1.807) is 6.92 Å². The maximum absolute atomic E-state index is 12.8. The highest BCUT2D eigenvalue weighted by atomic mass is 35.5. The Morgan fingerprint density at radius 3 is 2.56 bits per heavy atom. The van der Waals surface area contributed by atoms with Gasteiger partial charge < -0.3 is 10.4 Å². The second-order valence-electron chi connectivity index (χ2n) is 8.32. The normalized spacial score (nSPS) is 16.7. The number of halogens is 1. The van der Waals surface area contributed by atoms with Gasteiger partial charge in [-0.15, -0.1) is 17.3 Å². The lowest BCUT2D eigenvalue weighted by Gasteiger charge is -2.25. The molecule has 1 aliphatic carbocycles. The van der Waals surface area contributed by atoms with Crippen LogP contribution in [-0.2, 0) is 28.9 Å². The largest absolute Gasteiger partial charge is 0.481 e. The van der Waals surface area contributed by atoms with Gasteiger partial charge in [-0.05, 0) is 61.3 Å². The van der Waals surface area contributed by atoms with Crippen LogP contribution in [0.1, 0.15) is 54.4 Å². The lowest BCUT2D eigenvalue weighted by molar-refractivity contribution is -0.137. The zero-order valence-electron chi connectivity index (χ0n) is 18.1. The van der Waals surface area contributed by atoms with Crippen molar-refractivity contribution in [2.75, 3.05) is 6.54 Å². The Bertz CT molecular complexity index is 955. The quantitative estimate of drug-likeness (QED) is 0.368. The first-order valence-corrected chi connectivity index (χ1v) is 11.3. The first-order chi connectivity index (χ1) is 14.9. The number of nitrogens with zero attached hydrogens (tertiary/aromatic N) is 1. The first kappa shape index (κ1) is 25.9. The van der Waals surface area contributed by atoms with Gasteiger partial charge in [-0.2, -0.15) is 0 Å².